The van der Waals surface area contributed by atoms with E-state index in [4.69, 9.17) is 9.47 Å². The number of alkyl halides is 1. The number of rotatable bonds is 7. The van der Waals surface area contributed by atoms with E-state index in [0.717, 1.165) is 17.5 Å². The zero-order valence-electron chi connectivity index (χ0n) is 8.22. The van der Waals surface area contributed by atoms with Crippen molar-refractivity contribution in [1.82, 2.24) is 0 Å². The third kappa shape index (κ3) is 8.49. The molecule has 0 aromatic rings. The van der Waals surface area contributed by atoms with Crippen molar-refractivity contribution in [2.24, 2.45) is 0 Å². The first-order valence-corrected chi connectivity index (χ1v) is 6.06. The van der Waals surface area contributed by atoms with Gasteiger partial charge in [-0.15, -0.1) is 0 Å². The lowest BCUT2D eigenvalue weighted by atomic mass is 10.3. The van der Waals surface area contributed by atoms with Crippen molar-refractivity contribution in [2.45, 2.75) is 32.8 Å². The molecule has 0 aromatic heterocycles. The molecule has 0 aromatic carbocycles. The maximum atomic E-state index is 11.0. The summed E-state index contributed by atoms with van der Waals surface area (Å²) in [6.07, 6.45) is 1.37. The first-order chi connectivity index (χ1) is 6.20. The molecule has 0 bridgehead atoms. The number of ether oxygens (including phenoxy) is 2. The second-order valence-corrected chi connectivity index (χ2v) is 3.81. The third-order valence-corrected chi connectivity index (χ3v) is 2.20. The van der Waals surface area contributed by atoms with Crippen molar-refractivity contribution in [3.8, 4) is 0 Å². The van der Waals surface area contributed by atoms with E-state index in [2.05, 4.69) is 22.6 Å². The highest BCUT2D eigenvalue weighted by Crippen LogP contribution is 2.01. The molecule has 0 aliphatic carbocycles. The molecule has 0 aliphatic rings. The molecule has 4 heteroatoms. The Morgan fingerprint density at radius 3 is 2.77 bits per heavy atom. The lowest BCUT2D eigenvalue weighted by molar-refractivity contribution is -0.146. The smallest absolute Gasteiger partial charge is 0.308 e. The molecule has 0 rings (SSSR count). The SMILES string of the molecule is CCOC(=O)CC(C)OCCCI. The van der Waals surface area contributed by atoms with Crippen LogP contribution < -0.4 is 0 Å². The van der Waals surface area contributed by atoms with Gasteiger partial charge in [0.2, 0.25) is 0 Å². The number of halogens is 1. The van der Waals surface area contributed by atoms with Gasteiger partial charge in [-0.2, -0.15) is 0 Å². The average Bonchev–Trinajstić information content (AvgIpc) is 2.05. The van der Waals surface area contributed by atoms with E-state index in [1.54, 1.807) is 6.92 Å². The van der Waals surface area contributed by atoms with Gasteiger partial charge in [-0.05, 0) is 20.3 Å². The van der Waals surface area contributed by atoms with Crippen LogP contribution in [0.1, 0.15) is 26.7 Å². The van der Waals surface area contributed by atoms with Gasteiger partial charge in [0.25, 0.3) is 0 Å². The van der Waals surface area contributed by atoms with Gasteiger partial charge in [0, 0.05) is 11.0 Å². The fourth-order valence-electron chi connectivity index (χ4n) is 0.853. The Labute approximate surface area is 93.3 Å². The summed E-state index contributed by atoms with van der Waals surface area (Å²) in [5, 5.41) is 0. The van der Waals surface area contributed by atoms with Crippen molar-refractivity contribution >= 4 is 28.6 Å². The zero-order valence-corrected chi connectivity index (χ0v) is 10.4. The van der Waals surface area contributed by atoms with Gasteiger partial charge in [-0.3, -0.25) is 4.79 Å². The monoisotopic (exact) mass is 300 g/mol. The molecule has 0 amide bonds. The largest absolute Gasteiger partial charge is 0.466 e. The second-order valence-electron chi connectivity index (χ2n) is 2.73. The first kappa shape index (κ1) is 13.2. The van der Waals surface area contributed by atoms with Gasteiger partial charge in [-0.25, -0.2) is 0 Å². The van der Waals surface area contributed by atoms with Gasteiger partial charge in [0.05, 0.1) is 19.1 Å². The van der Waals surface area contributed by atoms with Gasteiger partial charge >= 0.3 is 5.97 Å². The van der Waals surface area contributed by atoms with Crippen molar-refractivity contribution in [3.63, 3.8) is 0 Å². The lowest BCUT2D eigenvalue weighted by Crippen LogP contribution is -2.16. The normalized spacial score (nSPS) is 12.5. The number of esters is 1. The van der Waals surface area contributed by atoms with Gasteiger partial charge in [0.1, 0.15) is 0 Å². The highest BCUT2D eigenvalue weighted by atomic mass is 127. The standard InChI is InChI=1S/C9H17IO3/c1-3-12-9(11)7-8(2)13-6-4-5-10/h8H,3-7H2,1-2H3. The van der Waals surface area contributed by atoms with Crippen LogP contribution in [0.4, 0.5) is 0 Å². The van der Waals surface area contributed by atoms with E-state index in [0.29, 0.717) is 13.0 Å². The number of carbonyl (C=O) groups is 1. The Morgan fingerprint density at radius 2 is 2.23 bits per heavy atom. The van der Waals surface area contributed by atoms with E-state index in [1.165, 1.54) is 0 Å². The van der Waals surface area contributed by atoms with Crippen LogP contribution in [0.5, 0.6) is 0 Å². The van der Waals surface area contributed by atoms with Crippen molar-refractivity contribution in [1.29, 1.82) is 0 Å². The van der Waals surface area contributed by atoms with Crippen molar-refractivity contribution in [3.05, 3.63) is 0 Å². The molecule has 1 unspecified atom stereocenters. The summed E-state index contributed by atoms with van der Waals surface area (Å²) in [6.45, 7) is 4.87. The van der Waals surface area contributed by atoms with E-state index in [-0.39, 0.29) is 12.1 Å². The minimum atomic E-state index is -0.176. The summed E-state index contributed by atoms with van der Waals surface area (Å²) in [7, 11) is 0. The van der Waals surface area contributed by atoms with Crippen LogP contribution in [0, 0.1) is 0 Å². The topological polar surface area (TPSA) is 35.5 Å². The molecule has 13 heavy (non-hydrogen) atoms. The minimum Gasteiger partial charge on any atom is -0.466 e. The Hall–Kier alpha value is 0.160. The van der Waals surface area contributed by atoms with Gasteiger partial charge in [0.15, 0.2) is 0 Å². The second kappa shape index (κ2) is 8.74. The molecule has 0 heterocycles. The minimum absolute atomic E-state index is 0.0259. The molecular formula is C9H17IO3. The number of hydrogen-bond acceptors (Lipinski definition) is 3. The summed E-state index contributed by atoms with van der Waals surface area (Å²) < 4.78 is 11.3. The molecule has 3 nitrogen and oxygen atoms in total. The molecule has 0 saturated heterocycles. The quantitative estimate of drug-likeness (QED) is 0.313. The maximum Gasteiger partial charge on any atom is 0.308 e. The van der Waals surface area contributed by atoms with E-state index in [9.17, 15) is 4.79 Å². The van der Waals surface area contributed by atoms with Crippen LogP contribution in [0.25, 0.3) is 0 Å². The molecule has 0 aliphatic heterocycles. The Balaban J connectivity index is 3.38. The molecular weight excluding hydrogens is 283 g/mol. The summed E-state index contributed by atoms with van der Waals surface area (Å²) in [4.78, 5) is 11.0. The molecule has 1 atom stereocenters. The fourth-order valence-corrected chi connectivity index (χ4v) is 1.16. The highest BCUT2D eigenvalue weighted by Gasteiger charge is 2.09. The summed E-state index contributed by atoms with van der Waals surface area (Å²) in [5.74, 6) is -0.176. The molecule has 0 fully saturated rings. The fraction of sp³-hybridized carbons (Fsp3) is 0.889. The first-order valence-electron chi connectivity index (χ1n) is 4.53. The van der Waals surface area contributed by atoms with Crippen LogP contribution in [-0.2, 0) is 14.3 Å². The Morgan fingerprint density at radius 1 is 1.54 bits per heavy atom. The van der Waals surface area contributed by atoms with Crippen molar-refractivity contribution < 1.29 is 14.3 Å². The van der Waals surface area contributed by atoms with Crippen LogP contribution in [0.15, 0.2) is 0 Å². The predicted octanol–water partition coefficient (Wildman–Crippen LogP) is 2.17. The van der Waals surface area contributed by atoms with E-state index in [1.807, 2.05) is 6.92 Å². The van der Waals surface area contributed by atoms with Crippen molar-refractivity contribution in [2.75, 3.05) is 17.6 Å². The predicted molar refractivity (Wildman–Crippen MR) is 60.2 cm³/mol. The summed E-state index contributed by atoms with van der Waals surface area (Å²) in [6, 6.07) is 0. The number of carbonyl (C=O) groups excluding carboxylic acids is 1. The molecule has 0 saturated carbocycles. The molecule has 0 spiro atoms. The summed E-state index contributed by atoms with van der Waals surface area (Å²) >= 11 is 2.30. The molecule has 78 valence electrons. The van der Waals surface area contributed by atoms with Crippen LogP contribution in [0.3, 0.4) is 0 Å². The Bertz CT molecular complexity index is 139. The van der Waals surface area contributed by atoms with Gasteiger partial charge in [-0.1, -0.05) is 22.6 Å². The Kier molecular flexibility index (Phi) is 8.85. The summed E-state index contributed by atoms with van der Waals surface area (Å²) in [5.41, 5.74) is 0. The van der Waals surface area contributed by atoms with E-state index >= 15 is 0 Å². The highest BCUT2D eigenvalue weighted by molar-refractivity contribution is 14.1. The average molecular weight is 300 g/mol. The molecule has 0 radical (unpaired) electrons. The van der Waals surface area contributed by atoms with Gasteiger partial charge < -0.3 is 9.47 Å². The van der Waals surface area contributed by atoms with Crippen LogP contribution in [-0.4, -0.2) is 29.7 Å². The molecule has 0 N–H and O–H groups in total. The van der Waals surface area contributed by atoms with Crippen LogP contribution in [0.2, 0.25) is 0 Å². The lowest BCUT2D eigenvalue weighted by Gasteiger charge is -2.11. The maximum absolute atomic E-state index is 11.0. The van der Waals surface area contributed by atoms with Crippen LogP contribution >= 0.6 is 22.6 Å². The third-order valence-electron chi connectivity index (χ3n) is 1.44. The number of hydrogen-bond donors (Lipinski definition) is 0. The zero-order chi connectivity index (χ0) is 10.1. The van der Waals surface area contributed by atoms with E-state index < -0.39 is 0 Å².